The van der Waals surface area contributed by atoms with Crippen LogP contribution < -0.4 is 5.32 Å². The highest BCUT2D eigenvalue weighted by molar-refractivity contribution is 5.94. The molecule has 1 N–H and O–H groups in total. The van der Waals surface area contributed by atoms with Crippen LogP contribution in [0.4, 0.5) is 0 Å². The van der Waals surface area contributed by atoms with Crippen LogP contribution in [0.25, 0.3) is 0 Å². The number of carbonyl (C=O) groups is 1. The zero-order valence-electron chi connectivity index (χ0n) is 7.69. The molecule has 1 aromatic rings. The van der Waals surface area contributed by atoms with Crippen molar-refractivity contribution in [1.82, 2.24) is 5.32 Å². The van der Waals surface area contributed by atoms with Gasteiger partial charge in [-0.3, -0.25) is 4.79 Å². The molecule has 0 unspecified atom stereocenters. The fourth-order valence-electron chi connectivity index (χ4n) is 0.936. The molecule has 0 aliphatic heterocycles. The van der Waals surface area contributed by atoms with Crippen LogP contribution in [-0.4, -0.2) is 5.91 Å². The predicted octanol–water partition coefficient (Wildman–Crippen LogP) is 1.13. The summed E-state index contributed by atoms with van der Waals surface area (Å²) in [6.07, 6.45) is 3.34. The molecule has 1 radical (unpaired) electrons. The van der Waals surface area contributed by atoms with Crippen LogP contribution in [-0.2, 0) is 0 Å². The Bertz CT molecular complexity index is 477. The van der Waals surface area contributed by atoms with Gasteiger partial charge < -0.3 is 5.32 Å². The van der Waals surface area contributed by atoms with Gasteiger partial charge in [-0.2, -0.15) is 10.5 Å². The summed E-state index contributed by atoms with van der Waals surface area (Å²) in [4.78, 5) is 11.4. The molecule has 0 heterocycles. The van der Waals surface area contributed by atoms with Crippen LogP contribution in [0.5, 0.6) is 0 Å². The van der Waals surface area contributed by atoms with Crippen molar-refractivity contribution in [3.63, 3.8) is 0 Å². The van der Waals surface area contributed by atoms with E-state index in [1.165, 1.54) is 6.07 Å². The fraction of sp³-hybridized carbons (Fsp3) is 0. The number of nitrogens with one attached hydrogen (secondary N) is 1. The maximum absolute atomic E-state index is 11.4. The first kappa shape index (κ1) is 10.5. The molecule has 0 aromatic heterocycles. The number of hydrogen-bond donors (Lipinski definition) is 1. The highest BCUT2D eigenvalue weighted by Crippen LogP contribution is 2.03. The van der Waals surface area contributed by atoms with E-state index < -0.39 is 5.91 Å². The topological polar surface area (TPSA) is 76.7 Å². The molecule has 0 saturated carbocycles. The summed E-state index contributed by atoms with van der Waals surface area (Å²) in [5, 5.41) is 19.1. The normalized spacial score (nSPS) is 9.20. The van der Waals surface area contributed by atoms with Gasteiger partial charge in [-0.25, -0.2) is 0 Å². The predicted molar refractivity (Wildman–Crippen MR) is 52.0 cm³/mol. The average Bonchev–Trinajstić information content (AvgIpc) is 2.29. The second-order valence-electron chi connectivity index (χ2n) is 2.56. The molecule has 0 fully saturated rings. The summed E-state index contributed by atoms with van der Waals surface area (Å²) >= 11 is 0. The zero-order valence-corrected chi connectivity index (χ0v) is 7.69. The van der Waals surface area contributed by atoms with Crippen molar-refractivity contribution in [1.29, 1.82) is 10.5 Å². The van der Waals surface area contributed by atoms with Crippen LogP contribution in [0.3, 0.4) is 0 Å². The summed E-state index contributed by atoms with van der Waals surface area (Å²) in [6.45, 7) is 0. The van der Waals surface area contributed by atoms with Gasteiger partial charge in [0, 0.05) is 11.6 Å². The maximum Gasteiger partial charge on any atom is 0.255 e. The first-order valence-electron chi connectivity index (χ1n) is 4.05. The van der Waals surface area contributed by atoms with Gasteiger partial charge in [0.05, 0.1) is 23.9 Å². The highest BCUT2D eigenvalue weighted by Gasteiger charge is 2.03. The first-order valence-corrected chi connectivity index (χ1v) is 4.05. The Kier molecular flexibility index (Phi) is 3.64. The van der Waals surface area contributed by atoms with E-state index >= 15 is 0 Å². The Labute approximate surface area is 87.1 Å². The number of hydrogen-bond acceptors (Lipinski definition) is 3. The van der Waals surface area contributed by atoms with Crippen molar-refractivity contribution in [2.75, 3.05) is 0 Å². The van der Waals surface area contributed by atoms with Crippen molar-refractivity contribution in [3.05, 3.63) is 47.7 Å². The van der Waals surface area contributed by atoms with Crippen LogP contribution in [0, 0.1) is 28.9 Å². The van der Waals surface area contributed by atoms with Gasteiger partial charge in [-0.1, -0.05) is 6.07 Å². The minimum Gasteiger partial charge on any atom is -0.320 e. The van der Waals surface area contributed by atoms with Gasteiger partial charge in [0.1, 0.15) is 0 Å². The lowest BCUT2D eigenvalue weighted by atomic mass is 10.1. The molecule has 15 heavy (non-hydrogen) atoms. The van der Waals surface area contributed by atoms with E-state index in [1.54, 1.807) is 24.3 Å². The first-order chi connectivity index (χ1) is 7.27. The second-order valence-corrected chi connectivity index (χ2v) is 2.56. The van der Waals surface area contributed by atoms with Crippen molar-refractivity contribution in [2.45, 2.75) is 0 Å². The average molecular weight is 196 g/mol. The molecule has 0 atom stereocenters. The van der Waals surface area contributed by atoms with Gasteiger partial charge in [0.2, 0.25) is 0 Å². The number of nitrogens with zero attached hydrogens (tertiary/aromatic N) is 2. The molecule has 1 amide bonds. The summed E-state index contributed by atoms with van der Waals surface area (Å²) in [7, 11) is 0. The molecule has 4 nitrogen and oxygen atoms in total. The fourth-order valence-corrected chi connectivity index (χ4v) is 0.936. The summed E-state index contributed by atoms with van der Waals surface area (Å²) in [6, 6.07) is 9.87. The molecule has 0 spiro atoms. The van der Waals surface area contributed by atoms with E-state index in [4.69, 9.17) is 10.5 Å². The van der Waals surface area contributed by atoms with Gasteiger partial charge in [-0.15, -0.1) is 0 Å². The largest absolute Gasteiger partial charge is 0.320 e. The van der Waals surface area contributed by atoms with Crippen molar-refractivity contribution in [3.8, 4) is 12.1 Å². The van der Waals surface area contributed by atoms with Gasteiger partial charge in [-0.05, 0) is 18.2 Å². The number of rotatable bonds is 2. The second kappa shape index (κ2) is 5.21. The van der Waals surface area contributed by atoms with E-state index in [9.17, 15) is 4.79 Å². The van der Waals surface area contributed by atoms with E-state index in [2.05, 4.69) is 11.5 Å². The smallest absolute Gasteiger partial charge is 0.255 e. The SMILES string of the molecule is N#CC=[C]NC(=O)c1cccc(C#N)c1. The highest BCUT2D eigenvalue weighted by atomic mass is 16.1. The van der Waals surface area contributed by atoms with E-state index in [0.717, 1.165) is 6.08 Å². The van der Waals surface area contributed by atoms with E-state index in [-0.39, 0.29) is 0 Å². The monoisotopic (exact) mass is 196 g/mol. The van der Waals surface area contributed by atoms with Gasteiger partial charge in [0.15, 0.2) is 0 Å². The van der Waals surface area contributed by atoms with Gasteiger partial charge in [0.25, 0.3) is 5.91 Å². The molecule has 0 bridgehead atoms. The Morgan fingerprint density at radius 2 is 2.20 bits per heavy atom. The Morgan fingerprint density at radius 3 is 2.87 bits per heavy atom. The number of amides is 1. The molecule has 0 aliphatic carbocycles. The lowest BCUT2D eigenvalue weighted by molar-refractivity contribution is 0.0967. The molecule has 4 heteroatoms. The van der Waals surface area contributed by atoms with Crippen LogP contribution in [0.2, 0.25) is 0 Å². The van der Waals surface area contributed by atoms with E-state index in [0.29, 0.717) is 11.1 Å². The number of benzene rings is 1. The number of nitriles is 2. The van der Waals surface area contributed by atoms with Crippen molar-refractivity contribution >= 4 is 5.91 Å². The maximum atomic E-state index is 11.4. The zero-order chi connectivity index (χ0) is 11.1. The Morgan fingerprint density at radius 1 is 1.40 bits per heavy atom. The molecule has 1 rings (SSSR count). The van der Waals surface area contributed by atoms with Crippen molar-refractivity contribution < 1.29 is 4.79 Å². The molecule has 71 valence electrons. The third-order valence-electron chi connectivity index (χ3n) is 1.58. The van der Waals surface area contributed by atoms with E-state index in [1.807, 2.05) is 6.07 Å². The molecule has 1 aromatic carbocycles. The van der Waals surface area contributed by atoms with Crippen LogP contribution >= 0.6 is 0 Å². The Hall–Kier alpha value is -2.59. The third kappa shape index (κ3) is 2.98. The summed E-state index contributed by atoms with van der Waals surface area (Å²) in [5.41, 5.74) is 0.764. The van der Waals surface area contributed by atoms with Crippen molar-refractivity contribution in [2.24, 2.45) is 0 Å². The lowest BCUT2D eigenvalue weighted by Gasteiger charge is -1.98. The Balaban J connectivity index is 2.80. The molecular formula is C11H6N3O. The number of carbonyl (C=O) groups excluding carboxylic acids is 1. The van der Waals surface area contributed by atoms with Crippen LogP contribution in [0.1, 0.15) is 15.9 Å². The third-order valence-corrected chi connectivity index (χ3v) is 1.58. The summed E-state index contributed by atoms with van der Waals surface area (Å²) < 4.78 is 0. The van der Waals surface area contributed by atoms with Crippen LogP contribution in [0.15, 0.2) is 30.3 Å². The standard InChI is InChI=1S/C11H6N3O/c12-5-2-6-14-11(15)10-4-1-3-9(7-10)8-13/h1-4,7H,(H,14,15). The lowest BCUT2D eigenvalue weighted by Crippen LogP contribution is -2.17. The molecule has 0 saturated heterocycles. The minimum atomic E-state index is -0.404. The minimum absolute atomic E-state index is 0.355. The quantitative estimate of drug-likeness (QED) is 0.569. The summed E-state index contributed by atoms with van der Waals surface area (Å²) in [5.74, 6) is -0.404. The van der Waals surface area contributed by atoms with Gasteiger partial charge >= 0.3 is 0 Å². The molecule has 0 aliphatic rings. The number of allylic oxidation sites excluding steroid dienone is 1. The molecular weight excluding hydrogens is 190 g/mol.